The standard InChI is InChI=1S/C4H6NO5P/c6-11(7,8)10-4-1-2-9-5-3-4/h1-3,5H,(H2,6,7,8). The first-order valence-electron chi connectivity index (χ1n) is 2.61. The molecule has 0 unspecified atom stereocenters. The van der Waals surface area contributed by atoms with Crippen molar-refractivity contribution in [2.75, 3.05) is 0 Å². The van der Waals surface area contributed by atoms with Gasteiger partial charge in [-0.3, -0.25) is 9.79 Å². The van der Waals surface area contributed by atoms with Gasteiger partial charge >= 0.3 is 7.82 Å². The first-order chi connectivity index (χ1) is 5.08. The van der Waals surface area contributed by atoms with Gasteiger partial charge in [0, 0.05) is 6.08 Å². The zero-order valence-corrected chi connectivity index (χ0v) is 6.19. The second-order valence-corrected chi connectivity index (χ2v) is 2.83. The zero-order chi connectivity index (χ0) is 8.32. The maximum absolute atomic E-state index is 10.2. The molecular formula is C4H6NO5P. The molecule has 1 heterocycles. The van der Waals surface area contributed by atoms with Crippen LogP contribution in [-0.4, -0.2) is 9.79 Å². The van der Waals surface area contributed by atoms with Crippen molar-refractivity contribution in [3.63, 3.8) is 0 Å². The molecule has 62 valence electrons. The highest BCUT2D eigenvalue weighted by atomic mass is 31.2. The van der Waals surface area contributed by atoms with Crippen molar-refractivity contribution in [1.29, 1.82) is 0 Å². The highest BCUT2D eigenvalue weighted by molar-refractivity contribution is 7.46. The first-order valence-corrected chi connectivity index (χ1v) is 4.14. The van der Waals surface area contributed by atoms with E-state index in [1.807, 2.05) is 0 Å². The number of nitrogens with one attached hydrogen (secondary N) is 1. The van der Waals surface area contributed by atoms with E-state index in [-0.39, 0.29) is 5.76 Å². The summed E-state index contributed by atoms with van der Waals surface area (Å²) in [7, 11) is -4.45. The molecule has 1 aliphatic heterocycles. The van der Waals surface area contributed by atoms with Crippen molar-refractivity contribution >= 4 is 7.82 Å². The Hall–Kier alpha value is -0.970. The molecule has 0 aromatic rings. The van der Waals surface area contributed by atoms with E-state index in [9.17, 15) is 4.57 Å². The van der Waals surface area contributed by atoms with Crippen LogP contribution in [0, 0.1) is 0 Å². The highest BCUT2D eigenvalue weighted by Gasteiger charge is 2.16. The second-order valence-electron chi connectivity index (χ2n) is 1.67. The smallest absolute Gasteiger partial charge is 0.402 e. The molecule has 0 fully saturated rings. The van der Waals surface area contributed by atoms with Gasteiger partial charge in [0.1, 0.15) is 6.26 Å². The van der Waals surface area contributed by atoms with Crippen LogP contribution in [-0.2, 0) is 13.9 Å². The third-order valence-corrected chi connectivity index (χ3v) is 1.24. The van der Waals surface area contributed by atoms with E-state index in [0.717, 1.165) is 0 Å². The van der Waals surface area contributed by atoms with E-state index in [1.54, 1.807) is 0 Å². The van der Waals surface area contributed by atoms with Crippen LogP contribution in [0.2, 0.25) is 0 Å². The summed E-state index contributed by atoms with van der Waals surface area (Å²) in [6.45, 7) is 0. The molecule has 0 aliphatic carbocycles. The summed E-state index contributed by atoms with van der Waals surface area (Å²) in [6.07, 6.45) is 3.65. The van der Waals surface area contributed by atoms with Gasteiger partial charge in [-0.15, -0.1) is 0 Å². The molecule has 0 radical (unpaired) electrons. The molecule has 0 spiro atoms. The lowest BCUT2D eigenvalue weighted by Gasteiger charge is -2.10. The van der Waals surface area contributed by atoms with E-state index >= 15 is 0 Å². The Labute approximate surface area is 62.3 Å². The van der Waals surface area contributed by atoms with Gasteiger partial charge < -0.3 is 9.36 Å². The SMILES string of the molecule is O=P(O)(O)OC1=CNOC=C1. The lowest BCUT2D eigenvalue weighted by molar-refractivity contribution is 0.159. The molecule has 0 saturated heterocycles. The minimum absolute atomic E-state index is 0.0181. The van der Waals surface area contributed by atoms with Crippen LogP contribution in [0.5, 0.6) is 0 Å². The number of phosphoric acid groups is 1. The van der Waals surface area contributed by atoms with Gasteiger partial charge in [0.05, 0.1) is 6.20 Å². The molecule has 3 N–H and O–H groups in total. The average molecular weight is 179 g/mol. The molecule has 0 aromatic heterocycles. The maximum atomic E-state index is 10.2. The molecule has 0 aromatic carbocycles. The Bertz CT molecular complexity index is 241. The number of hydrogen-bond donors (Lipinski definition) is 3. The van der Waals surface area contributed by atoms with Gasteiger partial charge in [0.25, 0.3) is 0 Å². The minimum Gasteiger partial charge on any atom is -0.402 e. The fraction of sp³-hybridized carbons (Fsp3) is 0. The van der Waals surface area contributed by atoms with E-state index in [2.05, 4.69) is 14.8 Å². The van der Waals surface area contributed by atoms with Gasteiger partial charge in [0.15, 0.2) is 5.76 Å². The zero-order valence-electron chi connectivity index (χ0n) is 5.30. The molecule has 6 nitrogen and oxygen atoms in total. The summed E-state index contributed by atoms with van der Waals surface area (Å²) in [5.74, 6) is 0.0181. The summed E-state index contributed by atoms with van der Waals surface area (Å²) in [4.78, 5) is 21.1. The number of hydrogen-bond acceptors (Lipinski definition) is 4. The van der Waals surface area contributed by atoms with Crippen molar-refractivity contribution in [2.24, 2.45) is 0 Å². The number of allylic oxidation sites excluding steroid dienone is 1. The molecule has 0 atom stereocenters. The van der Waals surface area contributed by atoms with Crippen LogP contribution in [0.25, 0.3) is 0 Å². The molecule has 0 saturated carbocycles. The lowest BCUT2D eigenvalue weighted by Crippen LogP contribution is -2.07. The molecular weight excluding hydrogens is 173 g/mol. The van der Waals surface area contributed by atoms with E-state index in [1.165, 1.54) is 18.5 Å². The van der Waals surface area contributed by atoms with Crippen molar-refractivity contribution in [3.05, 3.63) is 24.3 Å². The molecule has 1 aliphatic rings. The van der Waals surface area contributed by atoms with Crippen molar-refractivity contribution in [2.45, 2.75) is 0 Å². The largest absolute Gasteiger partial charge is 0.524 e. The van der Waals surface area contributed by atoms with E-state index in [4.69, 9.17) is 9.79 Å². The number of phosphoric ester groups is 1. The van der Waals surface area contributed by atoms with Crippen LogP contribution >= 0.6 is 7.82 Å². The topological polar surface area (TPSA) is 88.0 Å². The van der Waals surface area contributed by atoms with Crippen molar-refractivity contribution in [1.82, 2.24) is 5.48 Å². The lowest BCUT2D eigenvalue weighted by atomic mass is 10.5. The summed E-state index contributed by atoms with van der Waals surface area (Å²) in [5.41, 5.74) is 2.24. The number of hydroxylamine groups is 1. The van der Waals surface area contributed by atoms with Gasteiger partial charge in [0.2, 0.25) is 0 Å². The number of rotatable bonds is 2. The van der Waals surface area contributed by atoms with Gasteiger partial charge in [-0.2, -0.15) is 0 Å². The van der Waals surface area contributed by atoms with Crippen LogP contribution in [0.3, 0.4) is 0 Å². The Balaban J connectivity index is 2.56. The van der Waals surface area contributed by atoms with Crippen LogP contribution < -0.4 is 5.48 Å². The third-order valence-electron chi connectivity index (χ3n) is 0.794. The predicted octanol–water partition coefficient (Wildman–Crippen LogP) is -0.0144. The Kier molecular flexibility index (Phi) is 2.19. The second kappa shape index (κ2) is 2.96. The quantitative estimate of drug-likeness (QED) is 0.516. The molecule has 0 bridgehead atoms. The highest BCUT2D eigenvalue weighted by Crippen LogP contribution is 2.39. The van der Waals surface area contributed by atoms with Gasteiger partial charge in [-0.25, -0.2) is 10.0 Å². The van der Waals surface area contributed by atoms with Gasteiger partial charge in [-0.1, -0.05) is 0 Å². The molecule has 1 rings (SSSR count). The summed E-state index contributed by atoms with van der Waals surface area (Å²) in [5, 5.41) is 0. The Morgan fingerprint density at radius 2 is 2.36 bits per heavy atom. The van der Waals surface area contributed by atoms with E-state index in [0.29, 0.717) is 0 Å². The Morgan fingerprint density at radius 3 is 2.82 bits per heavy atom. The first kappa shape index (κ1) is 8.13. The van der Waals surface area contributed by atoms with Crippen LogP contribution in [0.4, 0.5) is 0 Å². The fourth-order valence-corrected chi connectivity index (χ4v) is 0.863. The van der Waals surface area contributed by atoms with Crippen LogP contribution in [0.1, 0.15) is 0 Å². The maximum Gasteiger partial charge on any atom is 0.524 e. The minimum atomic E-state index is -4.45. The van der Waals surface area contributed by atoms with Crippen molar-refractivity contribution in [3.8, 4) is 0 Å². The van der Waals surface area contributed by atoms with Crippen LogP contribution in [0.15, 0.2) is 24.3 Å². The monoisotopic (exact) mass is 179 g/mol. The normalized spacial score (nSPS) is 16.4. The average Bonchev–Trinajstić information content (AvgIpc) is 1.85. The van der Waals surface area contributed by atoms with Crippen molar-refractivity contribution < 1.29 is 23.7 Å². The Morgan fingerprint density at radius 1 is 1.64 bits per heavy atom. The summed E-state index contributed by atoms with van der Waals surface area (Å²) >= 11 is 0. The molecule has 0 amide bonds. The van der Waals surface area contributed by atoms with Gasteiger partial charge in [-0.05, 0) is 0 Å². The molecule has 11 heavy (non-hydrogen) atoms. The van der Waals surface area contributed by atoms with E-state index < -0.39 is 7.82 Å². The predicted molar refractivity (Wildman–Crippen MR) is 34.6 cm³/mol. The summed E-state index contributed by atoms with van der Waals surface area (Å²) in [6, 6.07) is 0. The summed E-state index contributed by atoms with van der Waals surface area (Å²) < 4.78 is 14.4. The molecule has 7 heteroatoms. The fourth-order valence-electron chi connectivity index (χ4n) is 0.475. The third kappa shape index (κ3) is 3.08.